The Kier molecular flexibility index (Phi) is 3.90. The molecule has 1 aromatic carbocycles. The molecule has 0 amide bonds. The van der Waals surface area contributed by atoms with E-state index in [-0.39, 0.29) is 11.9 Å². The Hall–Kier alpha value is -1.98. The molecule has 104 valence electrons. The second-order valence-electron chi connectivity index (χ2n) is 4.70. The van der Waals surface area contributed by atoms with Gasteiger partial charge in [0, 0.05) is 24.8 Å². The number of anilines is 2. The van der Waals surface area contributed by atoms with E-state index < -0.39 is 0 Å². The molecule has 20 heavy (non-hydrogen) atoms. The van der Waals surface area contributed by atoms with Gasteiger partial charge in [0.05, 0.1) is 30.8 Å². The van der Waals surface area contributed by atoms with Crippen LogP contribution in [0.25, 0.3) is 0 Å². The normalized spacial score (nSPS) is 18.8. The van der Waals surface area contributed by atoms with Gasteiger partial charge in [0.25, 0.3) is 0 Å². The highest BCUT2D eigenvalue weighted by Crippen LogP contribution is 2.22. The third-order valence-electron chi connectivity index (χ3n) is 3.20. The van der Waals surface area contributed by atoms with E-state index in [9.17, 15) is 4.39 Å². The summed E-state index contributed by atoms with van der Waals surface area (Å²) < 4.78 is 18.7. The average Bonchev–Trinajstić information content (AvgIpc) is 2.49. The first-order valence-corrected chi connectivity index (χ1v) is 6.61. The van der Waals surface area contributed by atoms with Crippen LogP contribution in [-0.4, -0.2) is 24.7 Å². The summed E-state index contributed by atoms with van der Waals surface area (Å²) in [4.78, 5) is 3.81. The summed E-state index contributed by atoms with van der Waals surface area (Å²) in [6.45, 7) is 2.48. The van der Waals surface area contributed by atoms with E-state index in [1.807, 2.05) is 24.3 Å². The lowest BCUT2D eigenvalue weighted by molar-refractivity contribution is 0.0277. The van der Waals surface area contributed by atoms with E-state index in [4.69, 9.17) is 4.74 Å². The largest absolute Gasteiger partial charge is 0.371 e. The lowest BCUT2D eigenvalue weighted by Crippen LogP contribution is -2.33. The van der Waals surface area contributed by atoms with E-state index in [1.54, 1.807) is 6.20 Å². The van der Waals surface area contributed by atoms with Crippen molar-refractivity contribution >= 4 is 11.4 Å². The van der Waals surface area contributed by atoms with Crippen molar-refractivity contribution in [1.29, 1.82) is 0 Å². The predicted octanol–water partition coefficient (Wildman–Crippen LogP) is 2.63. The van der Waals surface area contributed by atoms with Gasteiger partial charge in [0.2, 0.25) is 0 Å². The zero-order valence-corrected chi connectivity index (χ0v) is 11.0. The molecule has 0 saturated carbocycles. The van der Waals surface area contributed by atoms with E-state index in [0.717, 1.165) is 30.9 Å². The highest BCUT2D eigenvalue weighted by Gasteiger charge is 2.15. The molecule has 2 N–H and O–H groups in total. The summed E-state index contributed by atoms with van der Waals surface area (Å²) in [5.74, 6) is -0.353. The number of nitrogens with one attached hydrogen (secondary N) is 2. The van der Waals surface area contributed by atoms with Crippen molar-refractivity contribution in [2.75, 3.05) is 25.0 Å². The molecule has 1 aromatic heterocycles. The predicted molar refractivity (Wildman–Crippen MR) is 75.5 cm³/mol. The molecule has 0 bridgehead atoms. The standard InChI is InChI=1S/C15H16FN3O/c16-12-7-14(9-18-8-12)19-13-3-1-11(2-4-13)15-10-17-5-6-20-15/h1-4,7-9,15,17,19H,5-6,10H2/t15-/m1/s1. The molecular weight excluding hydrogens is 257 g/mol. The maximum absolute atomic E-state index is 13.1. The van der Waals surface area contributed by atoms with Gasteiger partial charge in [-0.05, 0) is 17.7 Å². The highest BCUT2D eigenvalue weighted by atomic mass is 19.1. The third-order valence-corrected chi connectivity index (χ3v) is 3.20. The van der Waals surface area contributed by atoms with Crippen LogP contribution in [0.2, 0.25) is 0 Å². The van der Waals surface area contributed by atoms with Crippen molar-refractivity contribution in [3.63, 3.8) is 0 Å². The molecule has 4 nitrogen and oxygen atoms in total. The Morgan fingerprint density at radius 1 is 1.20 bits per heavy atom. The molecule has 3 rings (SSSR count). The quantitative estimate of drug-likeness (QED) is 0.902. The molecule has 1 aliphatic rings. The van der Waals surface area contributed by atoms with Crippen LogP contribution < -0.4 is 10.6 Å². The maximum atomic E-state index is 13.1. The van der Waals surface area contributed by atoms with Gasteiger partial charge in [-0.15, -0.1) is 0 Å². The van der Waals surface area contributed by atoms with Gasteiger partial charge in [-0.2, -0.15) is 0 Å². The minimum atomic E-state index is -0.353. The Morgan fingerprint density at radius 3 is 2.75 bits per heavy atom. The number of halogens is 1. The molecule has 1 saturated heterocycles. The number of pyridine rings is 1. The van der Waals surface area contributed by atoms with Crippen LogP contribution in [0, 0.1) is 5.82 Å². The fraction of sp³-hybridized carbons (Fsp3) is 0.267. The van der Waals surface area contributed by atoms with Crippen molar-refractivity contribution in [2.24, 2.45) is 0 Å². The molecule has 0 unspecified atom stereocenters. The number of nitrogens with zero attached hydrogens (tertiary/aromatic N) is 1. The zero-order chi connectivity index (χ0) is 13.8. The summed E-state index contributed by atoms with van der Waals surface area (Å²) in [5.41, 5.74) is 2.67. The zero-order valence-electron chi connectivity index (χ0n) is 11.0. The van der Waals surface area contributed by atoms with Crippen LogP contribution in [0.4, 0.5) is 15.8 Å². The first-order chi connectivity index (χ1) is 9.81. The molecule has 0 radical (unpaired) electrons. The fourth-order valence-corrected chi connectivity index (χ4v) is 2.21. The number of ether oxygens (including phenoxy) is 1. The molecule has 1 atom stereocenters. The average molecular weight is 273 g/mol. The Bertz CT molecular complexity index is 568. The van der Waals surface area contributed by atoms with Crippen molar-refractivity contribution < 1.29 is 9.13 Å². The molecule has 5 heteroatoms. The summed E-state index contributed by atoms with van der Waals surface area (Å²) in [5, 5.41) is 6.42. The van der Waals surface area contributed by atoms with E-state index in [0.29, 0.717) is 5.69 Å². The van der Waals surface area contributed by atoms with Crippen LogP contribution in [0.15, 0.2) is 42.7 Å². The van der Waals surface area contributed by atoms with Gasteiger partial charge in [-0.25, -0.2) is 4.39 Å². The molecule has 1 aliphatic heterocycles. The SMILES string of the molecule is Fc1cncc(Nc2ccc([C@H]3CNCCO3)cc2)c1. The first-order valence-electron chi connectivity index (χ1n) is 6.61. The van der Waals surface area contributed by atoms with Crippen molar-refractivity contribution in [3.8, 4) is 0 Å². The van der Waals surface area contributed by atoms with Gasteiger partial charge in [0.1, 0.15) is 5.82 Å². The molecule has 2 heterocycles. The lowest BCUT2D eigenvalue weighted by atomic mass is 10.1. The minimum absolute atomic E-state index is 0.105. The maximum Gasteiger partial charge on any atom is 0.143 e. The van der Waals surface area contributed by atoms with Crippen LogP contribution in [0.5, 0.6) is 0 Å². The van der Waals surface area contributed by atoms with Crippen LogP contribution in [0.3, 0.4) is 0 Å². The summed E-state index contributed by atoms with van der Waals surface area (Å²) in [7, 11) is 0. The molecule has 0 spiro atoms. The van der Waals surface area contributed by atoms with Crippen molar-refractivity contribution in [1.82, 2.24) is 10.3 Å². The Balaban J connectivity index is 1.69. The fourth-order valence-electron chi connectivity index (χ4n) is 2.21. The van der Waals surface area contributed by atoms with Crippen molar-refractivity contribution in [2.45, 2.75) is 6.10 Å². The Morgan fingerprint density at radius 2 is 2.05 bits per heavy atom. The van der Waals surface area contributed by atoms with Crippen LogP contribution in [-0.2, 0) is 4.74 Å². The lowest BCUT2D eigenvalue weighted by Gasteiger charge is -2.24. The van der Waals surface area contributed by atoms with Crippen LogP contribution in [0.1, 0.15) is 11.7 Å². The smallest absolute Gasteiger partial charge is 0.143 e. The minimum Gasteiger partial charge on any atom is -0.371 e. The van der Waals surface area contributed by atoms with Gasteiger partial charge in [-0.1, -0.05) is 12.1 Å². The monoisotopic (exact) mass is 273 g/mol. The topological polar surface area (TPSA) is 46.2 Å². The summed E-state index contributed by atoms with van der Waals surface area (Å²) in [6, 6.07) is 9.37. The number of morpholine rings is 1. The number of hydrogen-bond donors (Lipinski definition) is 2. The van der Waals surface area contributed by atoms with Crippen molar-refractivity contribution in [3.05, 3.63) is 54.1 Å². The van der Waals surface area contributed by atoms with Gasteiger partial charge in [-0.3, -0.25) is 4.98 Å². The number of benzene rings is 1. The molecule has 1 fully saturated rings. The highest BCUT2D eigenvalue weighted by molar-refractivity contribution is 5.58. The number of aromatic nitrogens is 1. The summed E-state index contributed by atoms with van der Waals surface area (Å²) >= 11 is 0. The van der Waals surface area contributed by atoms with E-state index in [1.165, 1.54) is 12.3 Å². The number of rotatable bonds is 3. The van der Waals surface area contributed by atoms with Gasteiger partial charge >= 0.3 is 0 Å². The second-order valence-corrected chi connectivity index (χ2v) is 4.70. The third kappa shape index (κ3) is 3.12. The van der Waals surface area contributed by atoms with Gasteiger partial charge in [0.15, 0.2) is 0 Å². The van der Waals surface area contributed by atoms with Crippen LogP contribution >= 0.6 is 0 Å². The molecule has 2 aromatic rings. The Labute approximate surface area is 117 Å². The second kappa shape index (κ2) is 5.98. The molecular formula is C15H16FN3O. The molecule has 0 aliphatic carbocycles. The summed E-state index contributed by atoms with van der Waals surface area (Å²) in [6.07, 6.45) is 2.88. The van der Waals surface area contributed by atoms with Gasteiger partial charge < -0.3 is 15.4 Å². The van der Waals surface area contributed by atoms with E-state index >= 15 is 0 Å². The number of hydrogen-bond acceptors (Lipinski definition) is 4. The first kappa shape index (κ1) is 13.0. The van der Waals surface area contributed by atoms with E-state index in [2.05, 4.69) is 15.6 Å².